The van der Waals surface area contributed by atoms with Gasteiger partial charge in [-0.2, -0.15) is 0 Å². The van der Waals surface area contributed by atoms with Crippen molar-refractivity contribution in [3.05, 3.63) is 121 Å². The Labute approximate surface area is 222 Å². The van der Waals surface area contributed by atoms with E-state index >= 15 is 0 Å². The maximum atomic E-state index is 11.6. The van der Waals surface area contributed by atoms with Gasteiger partial charge in [-0.1, -0.05) is 37.4 Å². The Morgan fingerprint density at radius 1 is 0.500 bits per heavy atom. The number of carbonyl (C=O) groups excluding carboxylic acids is 2. The summed E-state index contributed by atoms with van der Waals surface area (Å²) >= 11 is 0. The van der Waals surface area contributed by atoms with Crippen molar-refractivity contribution < 1.29 is 19.1 Å². The minimum absolute atomic E-state index is 0.355. The SMILES string of the molecule is C=C(C)C(=O)Oc1ccc(Nc2ccc(-c3ccc(Nc4ccc(OC(=O)C(=C)C)cc4)cc3)cc2)cc1. The van der Waals surface area contributed by atoms with E-state index in [1.807, 2.05) is 48.5 Å². The van der Waals surface area contributed by atoms with E-state index in [4.69, 9.17) is 9.47 Å². The number of hydrogen-bond donors (Lipinski definition) is 2. The van der Waals surface area contributed by atoms with Gasteiger partial charge < -0.3 is 20.1 Å². The van der Waals surface area contributed by atoms with Crippen LogP contribution in [0.15, 0.2) is 121 Å². The van der Waals surface area contributed by atoms with Crippen LogP contribution in [0.5, 0.6) is 11.5 Å². The Hall–Kier alpha value is -5.10. The first-order valence-corrected chi connectivity index (χ1v) is 12.0. The zero-order chi connectivity index (χ0) is 27.1. The van der Waals surface area contributed by atoms with Gasteiger partial charge in [0, 0.05) is 33.9 Å². The highest BCUT2D eigenvalue weighted by Crippen LogP contribution is 2.27. The molecule has 2 N–H and O–H groups in total. The maximum absolute atomic E-state index is 11.6. The maximum Gasteiger partial charge on any atom is 0.338 e. The summed E-state index contributed by atoms with van der Waals surface area (Å²) in [5.41, 5.74) is 6.53. The second-order valence-electron chi connectivity index (χ2n) is 8.79. The molecule has 0 spiro atoms. The predicted octanol–water partition coefficient (Wildman–Crippen LogP) is 7.80. The van der Waals surface area contributed by atoms with E-state index in [1.54, 1.807) is 38.1 Å². The lowest BCUT2D eigenvalue weighted by atomic mass is 10.0. The number of rotatable bonds is 9. The zero-order valence-electron chi connectivity index (χ0n) is 21.3. The van der Waals surface area contributed by atoms with E-state index in [9.17, 15) is 9.59 Å². The van der Waals surface area contributed by atoms with Gasteiger partial charge in [-0.15, -0.1) is 0 Å². The van der Waals surface area contributed by atoms with Crippen LogP contribution in [0.25, 0.3) is 11.1 Å². The van der Waals surface area contributed by atoms with Crippen molar-refractivity contribution in [1.82, 2.24) is 0 Å². The van der Waals surface area contributed by atoms with Crippen LogP contribution in [0.1, 0.15) is 13.8 Å². The highest BCUT2D eigenvalue weighted by Gasteiger charge is 2.07. The van der Waals surface area contributed by atoms with Crippen molar-refractivity contribution in [3.63, 3.8) is 0 Å². The Balaban J connectivity index is 1.33. The van der Waals surface area contributed by atoms with Gasteiger partial charge in [0.15, 0.2) is 0 Å². The molecule has 0 unspecified atom stereocenters. The van der Waals surface area contributed by atoms with Crippen molar-refractivity contribution in [2.24, 2.45) is 0 Å². The number of carbonyl (C=O) groups is 2. The molecule has 6 nitrogen and oxygen atoms in total. The molecule has 0 heterocycles. The van der Waals surface area contributed by atoms with E-state index in [-0.39, 0.29) is 0 Å². The minimum atomic E-state index is -0.442. The fourth-order valence-electron chi connectivity index (χ4n) is 3.43. The summed E-state index contributed by atoms with van der Waals surface area (Å²) in [6.07, 6.45) is 0. The fraction of sp³-hybridized carbons (Fsp3) is 0.0625. The van der Waals surface area contributed by atoms with E-state index in [2.05, 4.69) is 48.1 Å². The lowest BCUT2D eigenvalue weighted by Crippen LogP contribution is -2.07. The number of hydrogen-bond acceptors (Lipinski definition) is 6. The van der Waals surface area contributed by atoms with E-state index in [1.165, 1.54) is 0 Å². The molecule has 0 bridgehead atoms. The van der Waals surface area contributed by atoms with Gasteiger partial charge >= 0.3 is 11.9 Å². The second kappa shape index (κ2) is 11.8. The summed E-state index contributed by atoms with van der Waals surface area (Å²) < 4.78 is 10.4. The number of benzene rings is 4. The van der Waals surface area contributed by atoms with Gasteiger partial charge in [-0.3, -0.25) is 0 Å². The summed E-state index contributed by atoms with van der Waals surface area (Å²) in [5, 5.41) is 6.68. The van der Waals surface area contributed by atoms with Crippen molar-refractivity contribution in [2.75, 3.05) is 10.6 Å². The topological polar surface area (TPSA) is 76.7 Å². The molecular formula is C32H28N2O4. The predicted molar refractivity (Wildman–Crippen MR) is 152 cm³/mol. The average molecular weight is 505 g/mol. The lowest BCUT2D eigenvalue weighted by Gasteiger charge is -2.10. The standard InChI is InChI=1S/C32H28N2O4/c1-21(2)31(35)37-29-17-13-27(14-18-29)33-25-9-5-23(6-10-25)24-7-11-26(12-8-24)34-28-15-19-30(20-16-28)38-32(36)22(3)4/h5-20,33-34H,1,3H2,2,4H3. The summed E-state index contributed by atoms with van der Waals surface area (Å²) in [4.78, 5) is 23.3. The molecule has 0 aliphatic rings. The molecule has 0 fully saturated rings. The molecule has 190 valence electrons. The number of esters is 2. The molecule has 4 aromatic rings. The first-order valence-electron chi connectivity index (χ1n) is 12.0. The van der Waals surface area contributed by atoms with Gasteiger partial charge in [-0.05, 0) is 97.8 Å². The summed E-state index contributed by atoms with van der Waals surface area (Å²) in [7, 11) is 0. The molecule has 0 saturated carbocycles. The molecule has 38 heavy (non-hydrogen) atoms. The van der Waals surface area contributed by atoms with Crippen LogP contribution in [0, 0.1) is 0 Å². The second-order valence-corrected chi connectivity index (χ2v) is 8.79. The van der Waals surface area contributed by atoms with Gasteiger partial charge in [-0.25, -0.2) is 9.59 Å². The molecule has 0 atom stereocenters. The Bertz CT molecular complexity index is 1340. The average Bonchev–Trinajstić information content (AvgIpc) is 2.91. The third kappa shape index (κ3) is 6.98. The molecule has 0 amide bonds. The minimum Gasteiger partial charge on any atom is -0.423 e. The van der Waals surface area contributed by atoms with Gasteiger partial charge in [0.1, 0.15) is 11.5 Å². The molecule has 0 aliphatic heterocycles. The van der Waals surface area contributed by atoms with Crippen LogP contribution >= 0.6 is 0 Å². The summed E-state index contributed by atoms with van der Waals surface area (Å²) in [6, 6.07) is 30.6. The molecule has 0 saturated heterocycles. The van der Waals surface area contributed by atoms with Gasteiger partial charge in [0.2, 0.25) is 0 Å². The first kappa shape index (κ1) is 26.0. The zero-order valence-corrected chi connectivity index (χ0v) is 21.3. The van der Waals surface area contributed by atoms with Crippen LogP contribution in [0.4, 0.5) is 22.7 Å². The highest BCUT2D eigenvalue weighted by molar-refractivity contribution is 5.89. The number of anilines is 4. The smallest absolute Gasteiger partial charge is 0.338 e. The fourth-order valence-corrected chi connectivity index (χ4v) is 3.43. The molecule has 4 aromatic carbocycles. The highest BCUT2D eigenvalue weighted by atomic mass is 16.5. The third-order valence-corrected chi connectivity index (χ3v) is 5.51. The molecule has 0 radical (unpaired) electrons. The van der Waals surface area contributed by atoms with Gasteiger partial charge in [0.25, 0.3) is 0 Å². The van der Waals surface area contributed by atoms with E-state index in [0.29, 0.717) is 22.6 Å². The largest absolute Gasteiger partial charge is 0.423 e. The van der Waals surface area contributed by atoms with Crippen molar-refractivity contribution in [3.8, 4) is 22.6 Å². The third-order valence-electron chi connectivity index (χ3n) is 5.51. The van der Waals surface area contributed by atoms with Crippen molar-refractivity contribution in [1.29, 1.82) is 0 Å². The van der Waals surface area contributed by atoms with Crippen LogP contribution in [-0.4, -0.2) is 11.9 Å². The Kier molecular flexibility index (Phi) is 8.04. The molecule has 4 rings (SSSR count). The first-order chi connectivity index (χ1) is 18.3. The van der Waals surface area contributed by atoms with Crippen molar-refractivity contribution in [2.45, 2.75) is 13.8 Å². The normalized spacial score (nSPS) is 10.3. The van der Waals surface area contributed by atoms with E-state index < -0.39 is 11.9 Å². The lowest BCUT2D eigenvalue weighted by molar-refractivity contribution is -0.130. The quantitative estimate of drug-likeness (QED) is 0.138. The van der Waals surface area contributed by atoms with Crippen LogP contribution in [0.3, 0.4) is 0 Å². The van der Waals surface area contributed by atoms with Crippen molar-refractivity contribution >= 4 is 34.7 Å². The van der Waals surface area contributed by atoms with Crippen LogP contribution in [-0.2, 0) is 9.59 Å². The Morgan fingerprint density at radius 2 is 0.763 bits per heavy atom. The van der Waals surface area contributed by atoms with E-state index in [0.717, 1.165) is 33.9 Å². The number of ether oxygens (including phenoxy) is 2. The Morgan fingerprint density at radius 3 is 1.03 bits per heavy atom. The molecular weight excluding hydrogens is 476 g/mol. The molecule has 0 aromatic heterocycles. The molecule has 6 heteroatoms. The molecule has 0 aliphatic carbocycles. The van der Waals surface area contributed by atoms with Crippen LogP contribution < -0.4 is 20.1 Å². The summed E-state index contributed by atoms with van der Waals surface area (Å²) in [6.45, 7) is 10.4. The van der Waals surface area contributed by atoms with Crippen LogP contribution in [0.2, 0.25) is 0 Å². The summed E-state index contributed by atoms with van der Waals surface area (Å²) in [5.74, 6) is 0.0565. The van der Waals surface area contributed by atoms with Gasteiger partial charge in [0.05, 0.1) is 0 Å². The number of nitrogens with one attached hydrogen (secondary N) is 2. The monoisotopic (exact) mass is 504 g/mol.